The zero-order valence-electron chi connectivity index (χ0n) is 8.53. The highest BCUT2D eigenvalue weighted by Gasteiger charge is 2.27. The number of carbonyl (C=O) groups is 1. The predicted octanol–water partition coefficient (Wildman–Crippen LogP) is -1.04. The second-order valence-corrected chi connectivity index (χ2v) is 3.73. The van der Waals surface area contributed by atoms with Crippen molar-refractivity contribution in [2.75, 3.05) is 13.7 Å². The summed E-state index contributed by atoms with van der Waals surface area (Å²) in [6.45, 7) is 0.430. The number of amides is 1. The Kier molecular flexibility index (Phi) is 4.31. The van der Waals surface area contributed by atoms with Crippen LogP contribution in [0.4, 0.5) is 0 Å². The van der Waals surface area contributed by atoms with E-state index in [9.17, 15) is 4.79 Å². The van der Waals surface area contributed by atoms with Crippen molar-refractivity contribution in [2.45, 2.75) is 37.5 Å². The maximum absolute atomic E-state index is 10.7. The number of methoxy groups -OCH3 is 1. The minimum absolute atomic E-state index is 0.245. The van der Waals surface area contributed by atoms with Crippen molar-refractivity contribution in [2.24, 2.45) is 11.5 Å². The number of carbonyl (C=O) groups excluding carboxylic acids is 1. The number of primary amides is 1. The Morgan fingerprint density at radius 3 is 2.93 bits per heavy atom. The van der Waals surface area contributed by atoms with Gasteiger partial charge >= 0.3 is 0 Å². The van der Waals surface area contributed by atoms with Gasteiger partial charge in [-0.05, 0) is 19.3 Å². The largest absolute Gasteiger partial charge is 0.380 e. The van der Waals surface area contributed by atoms with Gasteiger partial charge < -0.3 is 21.5 Å². The molecule has 0 heterocycles. The van der Waals surface area contributed by atoms with Crippen LogP contribution in [0, 0.1) is 0 Å². The smallest absolute Gasteiger partial charge is 0.235 e. The van der Waals surface area contributed by atoms with Gasteiger partial charge in [0.2, 0.25) is 5.91 Å². The molecule has 0 spiro atoms. The van der Waals surface area contributed by atoms with Crippen LogP contribution in [0.3, 0.4) is 0 Å². The van der Waals surface area contributed by atoms with Crippen LogP contribution in [-0.4, -0.2) is 37.7 Å². The van der Waals surface area contributed by atoms with E-state index in [-0.39, 0.29) is 6.10 Å². The molecule has 5 heteroatoms. The molecule has 82 valence electrons. The van der Waals surface area contributed by atoms with Crippen molar-refractivity contribution >= 4 is 5.91 Å². The van der Waals surface area contributed by atoms with Crippen LogP contribution in [0.5, 0.6) is 0 Å². The molecule has 1 rings (SSSR count). The molecule has 1 fully saturated rings. The van der Waals surface area contributed by atoms with Crippen LogP contribution in [0.1, 0.15) is 19.3 Å². The second-order valence-electron chi connectivity index (χ2n) is 3.73. The number of nitrogens with two attached hydrogens (primary N) is 2. The zero-order chi connectivity index (χ0) is 10.6. The quantitative estimate of drug-likeness (QED) is 0.529. The molecule has 0 bridgehead atoms. The third-order valence-electron chi connectivity index (χ3n) is 2.72. The lowest BCUT2D eigenvalue weighted by Crippen LogP contribution is -2.48. The molecule has 0 saturated heterocycles. The summed E-state index contributed by atoms with van der Waals surface area (Å²) in [5.74, 6) is -0.468. The summed E-state index contributed by atoms with van der Waals surface area (Å²) in [4.78, 5) is 10.7. The molecular formula is C9H19N3O2. The maximum Gasteiger partial charge on any atom is 0.235 e. The summed E-state index contributed by atoms with van der Waals surface area (Å²) in [7, 11) is 1.71. The van der Waals surface area contributed by atoms with Crippen LogP contribution in [-0.2, 0) is 9.53 Å². The van der Waals surface area contributed by atoms with Gasteiger partial charge in [-0.2, -0.15) is 0 Å². The SMILES string of the molecule is COC1CCCC1NCC(N)C(N)=O. The average molecular weight is 201 g/mol. The van der Waals surface area contributed by atoms with E-state index in [1.165, 1.54) is 0 Å². The molecule has 0 aliphatic heterocycles. The average Bonchev–Trinajstić information content (AvgIpc) is 2.60. The van der Waals surface area contributed by atoms with Crippen molar-refractivity contribution in [3.8, 4) is 0 Å². The van der Waals surface area contributed by atoms with Crippen molar-refractivity contribution in [1.82, 2.24) is 5.32 Å². The van der Waals surface area contributed by atoms with Gasteiger partial charge in [0.25, 0.3) is 0 Å². The Morgan fingerprint density at radius 2 is 2.36 bits per heavy atom. The first kappa shape index (κ1) is 11.4. The Balaban J connectivity index is 2.26. The Hall–Kier alpha value is -0.650. The van der Waals surface area contributed by atoms with Gasteiger partial charge in [0.05, 0.1) is 12.1 Å². The Labute approximate surface area is 84.2 Å². The number of nitrogens with one attached hydrogen (secondary N) is 1. The van der Waals surface area contributed by atoms with Gasteiger partial charge in [0, 0.05) is 19.7 Å². The predicted molar refractivity (Wildman–Crippen MR) is 53.6 cm³/mol. The van der Waals surface area contributed by atoms with Crippen LogP contribution < -0.4 is 16.8 Å². The first-order chi connectivity index (χ1) is 6.65. The van der Waals surface area contributed by atoms with Gasteiger partial charge in [-0.3, -0.25) is 4.79 Å². The minimum atomic E-state index is -0.604. The maximum atomic E-state index is 10.7. The summed E-state index contributed by atoms with van der Waals surface area (Å²) in [5.41, 5.74) is 10.6. The summed E-state index contributed by atoms with van der Waals surface area (Å²) >= 11 is 0. The molecule has 3 atom stereocenters. The molecule has 1 aliphatic rings. The Morgan fingerprint density at radius 1 is 1.64 bits per heavy atom. The standard InChI is InChI=1S/C9H19N3O2/c1-14-8-4-2-3-7(8)12-5-6(10)9(11)13/h6-8,12H,2-5,10H2,1H3,(H2,11,13). The monoisotopic (exact) mass is 201 g/mol. The lowest BCUT2D eigenvalue weighted by molar-refractivity contribution is -0.119. The van der Waals surface area contributed by atoms with Gasteiger partial charge in [0.1, 0.15) is 0 Å². The van der Waals surface area contributed by atoms with Crippen molar-refractivity contribution in [3.05, 3.63) is 0 Å². The summed E-state index contributed by atoms with van der Waals surface area (Å²) in [6, 6.07) is -0.293. The highest BCUT2D eigenvalue weighted by molar-refractivity contribution is 5.79. The number of hydrogen-bond acceptors (Lipinski definition) is 4. The van der Waals surface area contributed by atoms with E-state index in [1.807, 2.05) is 0 Å². The van der Waals surface area contributed by atoms with E-state index in [0.717, 1.165) is 19.3 Å². The number of hydrogen-bond donors (Lipinski definition) is 3. The molecule has 3 unspecified atom stereocenters. The number of ether oxygens (including phenoxy) is 1. The first-order valence-corrected chi connectivity index (χ1v) is 4.96. The van der Waals surface area contributed by atoms with E-state index in [4.69, 9.17) is 16.2 Å². The third kappa shape index (κ3) is 2.94. The highest BCUT2D eigenvalue weighted by Crippen LogP contribution is 2.21. The topological polar surface area (TPSA) is 90.4 Å². The highest BCUT2D eigenvalue weighted by atomic mass is 16.5. The summed E-state index contributed by atoms with van der Waals surface area (Å²) < 4.78 is 5.30. The molecule has 5 N–H and O–H groups in total. The van der Waals surface area contributed by atoms with Crippen LogP contribution in [0.25, 0.3) is 0 Å². The van der Waals surface area contributed by atoms with E-state index >= 15 is 0 Å². The first-order valence-electron chi connectivity index (χ1n) is 4.96. The van der Waals surface area contributed by atoms with E-state index in [1.54, 1.807) is 7.11 Å². The van der Waals surface area contributed by atoms with Gasteiger partial charge in [-0.25, -0.2) is 0 Å². The fraction of sp³-hybridized carbons (Fsp3) is 0.889. The molecule has 5 nitrogen and oxygen atoms in total. The molecular weight excluding hydrogens is 182 g/mol. The number of rotatable bonds is 5. The van der Waals surface area contributed by atoms with Gasteiger partial charge in [0.15, 0.2) is 0 Å². The normalized spacial score (nSPS) is 29.0. The van der Waals surface area contributed by atoms with E-state index in [2.05, 4.69) is 5.32 Å². The molecule has 0 aromatic carbocycles. The Bertz CT molecular complexity index is 198. The van der Waals surface area contributed by atoms with Crippen molar-refractivity contribution in [1.29, 1.82) is 0 Å². The van der Waals surface area contributed by atoms with Crippen molar-refractivity contribution < 1.29 is 9.53 Å². The molecule has 1 saturated carbocycles. The van der Waals surface area contributed by atoms with Gasteiger partial charge in [-0.1, -0.05) is 0 Å². The molecule has 0 aromatic heterocycles. The van der Waals surface area contributed by atoms with Crippen LogP contribution >= 0.6 is 0 Å². The lowest BCUT2D eigenvalue weighted by atomic mass is 10.2. The molecule has 0 radical (unpaired) electrons. The molecule has 1 aliphatic carbocycles. The van der Waals surface area contributed by atoms with Crippen molar-refractivity contribution in [3.63, 3.8) is 0 Å². The van der Waals surface area contributed by atoms with Crippen LogP contribution in [0.2, 0.25) is 0 Å². The molecule has 0 aromatic rings. The van der Waals surface area contributed by atoms with E-state index in [0.29, 0.717) is 12.6 Å². The third-order valence-corrected chi connectivity index (χ3v) is 2.72. The van der Waals surface area contributed by atoms with E-state index < -0.39 is 11.9 Å². The zero-order valence-corrected chi connectivity index (χ0v) is 8.53. The van der Waals surface area contributed by atoms with Gasteiger partial charge in [-0.15, -0.1) is 0 Å². The summed E-state index contributed by atoms with van der Waals surface area (Å²) in [5, 5.41) is 3.21. The summed E-state index contributed by atoms with van der Waals surface area (Å²) in [6.07, 6.45) is 3.54. The molecule has 14 heavy (non-hydrogen) atoms. The fourth-order valence-electron chi connectivity index (χ4n) is 1.82. The lowest BCUT2D eigenvalue weighted by Gasteiger charge is -2.20. The fourth-order valence-corrected chi connectivity index (χ4v) is 1.82. The second kappa shape index (κ2) is 5.29. The van der Waals surface area contributed by atoms with Crippen LogP contribution in [0.15, 0.2) is 0 Å². The molecule has 1 amide bonds. The minimum Gasteiger partial charge on any atom is -0.380 e.